The van der Waals surface area contributed by atoms with Crippen molar-refractivity contribution >= 4 is 27.3 Å². The van der Waals surface area contributed by atoms with Gasteiger partial charge in [0.2, 0.25) is 0 Å². The normalized spacial score (nSPS) is 16.2. The minimum atomic E-state index is -0.172. The summed E-state index contributed by atoms with van der Waals surface area (Å²) >= 11 is 1.56. The number of benzene rings is 2. The van der Waals surface area contributed by atoms with Gasteiger partial charge in [0.1, 0.15) is 0 Å². The highest BCUT2D eigenvalue weighted by molar-refractivity contribution is 7.20. The molecule has 2 aromatic carbocycles. The van der Waals surface area contributed by atoms with Crippen LogP contribution in [0, 0.1) is 0 Å². The first kappa shape index (κ1) is 13.5. The Balaban J connectivity index is 1.63. The lowest BCUT2D eigenvalue weighted by molar-refractivity contribution is 0.0827. The van der Waals surface area contributed by atoms with Gasteiger partial charge in [0, 0.05) is 4.70 Å². The zero-order valence-electron chi connectivity index (χ0n) is 12.2. The molecule has 0 spiro atoms. The Morgan fingerprint density at radius 3 is 2.41 bits per heavy atom. The van der Waals surface area contributed by atoms with E-state index in [0.29, 0.717) is 0 Å². The molecule has 3 heteroatoms. The lowest BCUT2D eigenvalue weighted by Crippen LogP contribution is -2.50. The van der Waals surface area contributed by atoms with E-state index in [0.717, 1.165) is 27.8 Å². The Bertz CT molecular complexity index is 785. The van der Waals surface area contributed by atoms with E-state index in [-0.39, 0.29) is 11.4 Å². The maximum absolute atomic E-state index is 12.7. The summed E-state index contributed by atoms with van der Waals surface area (Å²) in [4.78, 5) is 13.5. The molecule has 1 saturated carbocycles. The van der Waals surface area contributed by atoms with E-state index in [1.165, 1.54) is 12.0 Å². The second kappa shape index (κ2) is 5.25. The number of rotatable bonds is 3. The zero-order valence-corrected chi connectivity index (χ0v) is 13.0. The molecule has 1 heterocycles. The molecule has 2 nitrogen and oxygen atoms in total. The van der Waals surface area contributed by atoms with Crippen molar-refractivity contribution in [2.24, 2.45) is 0 Å². The fourth-order valence-corrected chi connectivity index (χ4v) is 4.10. The average molecular weight is 307 g/mol. The van der Waals surface area contributed by atoms with Crippen molar-refractivity contribution in [1.29, 1.82) is 0 Å². The molecule has 1 aliphatic rings. The van der Waals surface area contributed by atoms with E-state index in [4.69, 9.17) is 0 Å². The number of carbonyl (C=O) groups excluding carboxylic acids is 1. The van der Waals surface area contributed by atoms with E-state index in [9.17, 15) is 4.79 Å². The number of amides is 1. The molecule has 0 saturated heterocycles. The van der Waals surface area contributed by atoms with Crippen LogP contribution in [0.15, 0.2) is 60.7 Å². The molecule has 0 aliphatic heterocycles. The average Bonchev–Trinajstić information content (AvgIpc) is 2.96. The molecule has 110 valence electrons. The molecule has 1 amide bonds. The molecular weight excluding hydrogens is 290 g/mol. The van der Waals surface area contributed by atoms with Gasteiger partial charge >= 0.3 is 0 Å². The largest absolute Gasteiger partial charge is 0.342 e. The van der Waals surface area contributed by atoms with Gasteiger partial charge in [-0.3, -0.25) is 4.79 Å². The van der Waals surface area contributed by atoms with Crippen LogP contribution in [-0.2, 0) is 5.54 Å². The molecule has 0 unspecified atom stereocenters. The van der Waals surface area contributed by atoms with Crippen LogP contribution < -0.4 is 5.32 Å². The lowest BCUT2D eigenvalue weighted by atomic mass is 9.72. The predicted molar refractivity (Wildman–Crippen MR) is 91.3 cm³/mol. The van der Waals surface area contributed by atoms with Crippen LogP contribution in [0.2, 0.25) is 0 Å². The Kier molecular flexibility index (Phi) is 3.23. The molecule has 22 heavy (non-hydrogen) atoms. The van der Waals surface area contributed by atoms with Gasteiger partial charge in [0.15, 0.2) is 0 Å². The highest BCUT2D eigenvalue weighted by Gasteiger charge is 2.40. The molecule has 3 aromatic rings. The Hall–Kier alpha value is -2.13. The maximum Gasteiger partial charge on any atom is 0.262 e. The van der Waals surface area contributed by atoms with E-state index in [1.807, 2.05) is 36.4 Å². The Labute approximate surface area is 133 Å². The number of hydrogen-bond acceptors (Lipinski definition) is 2. The summed E-state index contributed by atoms with van der Waals surface area (Å²) in [7, 11) is 0. The summed E-state index contributed by atoms with van der Waals surface area (Å²) in [6.45, 7) is 0. The van der Waals surface area contributed by atoms with Gasteiger partial charge in [-0.05, 0) is 42.3 Å². The standard InChI is InChI=1S/C19H17NOS/c21-18(17-13-14-7-4-5-10-16(14)22-17)20-19(11-6-12-19)15-8-2-1-3-9-15/h1-5,7-10,13H,6,11-12H2,(H,20,21). The van der Waals surface area contributed by atoms with Gasteiger partial charge in [0.25, 0.3) is 5.91 Å². The van der Waals surface area contributed by atoms with Crippen LogP contribution in [0.4, 0.5) is 0 Å². The maximum atomic E-state index is 12.7. The van der Waals surface area contributed by atoms with E-state index in [2.05, 4.69) is 29.6 Å². The van der Waals surface area contributed by atoms with Gasteiger partial charge < -0.3 is 5.32 Å². The molecule has 1 aliphatic carbocycles. The molecule has 0 radical (unpaired) electrons. The van der Waals surface area contributed by atoms with Gasteiger partial charge in [-0.2, -0.15) is 0 Å². The predicted octanol–water partition coefficient (Wildman–Crippen LogP) is 4.71. The summed E-state index contributed by atoms with van der Waals surface area (Å²) in [5, 5.41) is 4.43. The van der Waals surface area contributed by atoms with Gasteiger partial charge in [-0.15, -0.1) is 11.3 Å². The van der Waals surface area contributed by atoms with Crippen LogP contribution >= 0.6 is 11.3 Å². The minimum absolute atomic E-state index is 0.0461. The first-order chi connectivity index (χ1) is 10.8. The molecule has 1 N–H and O–H groups in total. The van der Waals surface area contributed by atoms with Crippen molar-refractivity contribution in [3.63, 3.8) is 0 Å². The second-order valence-corrected chi connectivity index (χ2v) is 6.99. The fraction of sp³-hybridized carbons (Fsp3) is 0.211. The van der Waals surface area contributed by atoms with E-state index in [1.54, 1.807) is 11.3 Å². The van der Waals surface area contributed by atoms with Crippen LogP contribution in [0.25, 0.3) is 10.1 Å². The highest BCUT2D eigenvalue weighted by atomic mass is 32.1. The quantitative estimate of drug-likeness (QED) is 0.746. The van der Waals surface area contributed by atoms with Crippen LogP contribution in [0.1, 0.15) is 34.5 Å². The second-order valence-electron chi connectivity index (χ2n) is 5.90. The van der Waals surface area contributed by atoms with Crippen molar-refractivity contribution in [1.82, 2.24) is 5.32 Å². The van der Waals surface area contributed by atoms with E-state index >= 15 is 0 Å². The SMILES string of the molecule is O=C(NC1(c2ccccc2)CCC1)c1cc2ccccc2s1. The highest BCUT2D eigenvalue weighted by Crippen LogP contribution is 2.41. The van der Waals surface area contributed by atoms with Crippen molar-refractivity contribution in [2.45, 2.75) is 24.8 Å². The Morgan fingerprint density at radius 2 is 1.73 bits per heavy atom. The van der Waals surface area contributed by atoms with Crippen LogP contribution in [-0.4, -0.2) is 5.91 Å². The molecule has 0 atom stereocenters. The van der Waals surface area contributed by atoms with Crippen molar-refractivity contribution in [3.05, 3.63) is 71.1 Å². The van der Waals surface area contributed by atoms with Crippen LogP contribution in [0.5, 0.6) is 0 Å². The number of carbonyl (C=O) groups is 1. The smallest absolute Gasteiger partial charge is 0.262 e. The molecule has 4 rings (SSSR count). The fourth-order valence-electron chi connectivity index (χ4n) is 3.15. The topological polar surface area (TPSA) is 29.1 Å². The van der Waals surface area contributed by atoms with E-state index < -0.39 is 0 Å². The zero-order chi connectivity index (χ0) is 15.0. The summed E-state index contributed by atoms with van der Waals surface area (Å²) in [6.07, 6.45) is 3.21. The van der Waals surface area contributed by atoms with Crippen LogP contribution in [0.3, 0.4) is 0 Å². The summed E-state index contributed by atoms with van der Waals surface area (Å²) < 4.78 is 1.16. The lowest BCUT2D eigenvalue weighted by Gasteiger charge is -2.43. The monoisotopic (exact) mass is 307 g/mol. The third kappa shape index (κ3) is 2.22. The van der Waals surface area contributed by atoms with Crippen molar-refractivity contribution < 1.29 is 4.79 Å². The first-order valence-electron chi connectivity index (χ1n) is 7.63. The third-order valence-electron chi connectivity index (χ3n) is 4.54. The van der Waals surface area contributed by atoms with Gasteiger partial charge in [-0.25, -0.2) is 0 Å². The minimum Gasteiger partial charge on any atom is -0.342 e. The van der Waals surface area contributed by atoms with Crippen molar-refractivity contribution in [3.8, 4) is 0 Å². The summed E-state index contributed by atoms with van der Waals surface area (Å²) in [5.74, 6) is 0.0461. The molecule has 0 bridgehead atoms. The number of thiophene rings is 1. The number of fused-ring (bicyclic) bond motifs is 1. The number of hydrogen-bond donors (Lipinski definition) is 1. The summed E-state index contributed by atoms with van der Waals surface area (Å²) in [6, 6.07) is 20.5. The first-order valence-corrected chi connectivity index (χ1v) is 8.45. The third-order valence-corrected chi connectivity index (χ3v) is 5.65. The van der Waals surface area contributed by atoms with Gasteiger partial charge in [-0.1, -0.05) is 48.5 Å². The van der Waals surface area contributed by atoms with Crippen molar-refractivity contribution in [2.75, 3.05) is 0 Å². The Morgan fingerprint density at radius 1 is 1.00 bits per heavy atom. The number of nitrogens with one attached hydrogen (secondary N) is 1. The van der Waals surface area contributed by atoms with Gasteiger partial charge in [0.05, 0.1) is 10.4 Å². The summed E-state index contributed by atoms with van der Waals surface area (Å²) in [5.41, 5.74) is 1.05. The molecular formula is C19H17NOS. The molecule has 1 aromatic heterocycles. The molecule has 1 fully saturated rings.